The number of benzene rings is 1. The Hall–Kier alpha value is -3.00. The van der Waals surface area contributed by atoms with Crippen molar-refractivity contribution in [2.24, 2.45) is 17.8 Å². The number of phenols is 1. The van der Waals surface area contributed by atoms with Crippen molar-refractivity contribution in [3.63, 3.8) is 0 Å². The maximum absolute atomic E-state index is 12.5. The third kappa shape index (κ3) is 5.64. The van der Waals surface area contributed by atoms with Gasteiger partial charge in [0, 0.05) is 23.8 Å². The van der Waals surface area contributed by atoms with Crippen LogP contribution >= 0.6 is 0 Å². The smallest absolute Gasteiger partial charge is 0.334 e. The van der Waals surface area contributed by atoms with Crippen LogP contribution < -0.4 is 0 Å². The molecule has 2 fully saturated rings. The molecular formula is C25H30O12. The Balaban J connectivity index is 1.48. The molecule has 1 aliphatic carbocycles. The SMILES string of the molecule is C[C@@H]1[C@H]2[C@H](O[C@@H]3O[C@H](CO)[C@@H](O)[C@H](O)[C@H]3O)OC=C(C(=O)O)[C@H]2C[C@@H]1OC(=O)C=Cc1ccc(O)cc1. The molecule has 12 heteroatoms. The summed E-state index contributed by atoms with van der Waals surface area (Å²) >= 11 is 0. The summed E-state index contributed by atoms with van der Waals surface area (Å²) in [4.78, 5) is 24.3. The summed E-state index contributed by atoms with van der Waals surface area (Å²) in [5, 5.41) is 58.9. The van der Waals surface area contributed by atoms with Gasteiger partial charge in [-0.25, -0.2) is 9.59 Å². The molecule has 2 heterocycles. The van der Waals surface area contributed by atoms with Crippen LogP contribution in [0, 0.1) is 17.8 Å². The van der Waals surface area contributed by atoms with Gasteiger partial charge in [-0.05, 0) is 30.2 Å². The zero-order chi connectivity index (χ0) is 26.9. The van der Waals surface area contributed by atoms with Gasteiger partial charge in [-0.2, -0.15) is 0 Å². The summed E-state index contributed by atoms with van der Waals surface area (Å²) in [5.41, 5.74) is 0.643. The van der Waals surface area contributed by atoms with E-state index in [9.17, 15) is 40.2 Å². The highest BCUT2D eigenvalue weighted by Crippen LogP contribution is 2.48. The highest BCUT2D eigenvalue weighted by Gasteiger charge is 2.54. The lowest BCUT2D eigenvalue weighted by molar-refractivity contribution is -0.342. The quantitative estimate of drug-likeness (QED) is 0.203. The summed E-state index contributed by atoms with van der Waals surface area (Å²) in [7, 11) is 0. The number of phenolic OH excluding ortho intramolecular Hbond substituents is 1. The Morgan fingerprint density at radius 3 is 2.43 bits per heavy atom. The molecule has 37 heavy (non-hydrogen) atoms. The first kappa shape index (κ1) is 27.0. The van der Waals surface area contributed by atoms with Crippen LogP contribution in [0.3, 0.4) is 0 Å². The number of rotatable bonds is 7. The van der Waals surface area contributed by atoms with Crippen LogP contribution in [0.25, 0.3) is 6.08 Å². The van der Waals surface area contributed by atoms with Gasteiger partial charge in [-0.15, -0.1) is 0 Å². The van der Waals surface area contributed by atoms with E-state index in [0.29, 0.717) is 5.56 Å². The third-order valence-corrected chi connectivity index (χ3v) is 7.12. The molecule has 4 rings (SSSR count). The van der Waals surface area contributed by atoms with Crippen LogP contribution in [0.15, 0.2) is 42.2 Å². The first-order valence-electron chi connectivity index (χ1n) is 11.8. The Morgan fingerprint density at radius 2 is 1.78 bits per heavy atom. The fraction of sp³-hybridized carbons (Fsp3) is 0.520. The van der Waals surface area contributed by atoms with E-state index in [4.69, 9.17) is 18.9 Å². The first-order chi connectivity index (χ1) is 17.6. The number of aliphatic hydroxyl groups excluding tert-OH is 4. The number of carboxylic acid groups (broad SMARTS) is 1. The molecule has 202 valence electrons. The number of carbonyl (C=O) groups is 2. The number of esters is 1. The predicted molar refractivity (Wildman–Crippen MR) is 123 cm³/mol. The Labute approximate surface area is 212 Å². The van der Waals surface area contributed by atoms with Gasteiger partial charge in [-0.3, -0.25) is 0 Å². The Morgan fingerprint density at radius 1 is 1.08 bits per heavy atom. The van der Waals surface area contributed by atoms with Crippen LogP contribution in [0.4, 0.5) is 0 Å². The van der Waals surface area contributed by atoms with E-state index in [1.807, 2.05) is 0 Å². The first-order valence-corrected chi connectivity index (χ1v) is 11.8. The average Bonchev–Trinajstić information content (AvgIpc) is 3.19. The molecule has 2 aliphatic heterocycles. The minimum absolute atomic E-state index is 0.0244. The lowest BCUT2D eigenvalue weighted by atomic mass is 9.83. The van der Waals surface area contributed by atoms with Crippen LogP contribution in [0.2, 0.25) is 0 Å². The highest BCUT2D eigenvalue weighted by atomic mass is 16.8. The van der Waals surface area contributed by atoms with E-state index in [0.717, 1.165) is 6.26 Å². The number of carbonyl (C=O) groups excluding carboxylic acids is 1. The van der Waals surface area contributed by atoms with Crippen LogP contribution in [0.5, 0.6) is 5.75 Å². The molecule has 12 nitrogen and oxygen atoms in total. The van der Waals surface area contributed by atoms with Crippen molar-refractivity contribution in [3.8, 4) is 5.75 Å². The summed E-state index contributed by atoms with van der Waals surface area (Å²) in [6.07, 6.45) is -5.42. The molecule has 0 radical (unpaired) electrons. The molecule has 3 aliphatic rings. The van der Waals surface area contributed by atoms with Crippen molar-refractivity contribution in [2.45, 2.75) is 56.4 Å². The molecule has 6 N–H and O–H groups in total. The molecule has 1 aromatic rings. The monoisotopic (exact) mass is 522 g/mol. The second-order valence-electron chi connectivity index (χ2n) is 9.40. The maximum atomic E-state index is 12.5. The summed E-state index contributed by atoms with van der Waals surface area (Å²) < 4.78 is 22.4. The van der Waals surface area contributed by atoms with E-state index in [1.54, 1.807) is 19.1 Å². The van der Waals surface area contributed by atoms with Crippen molar-refractivity contribution in [1.29, 1.82) is 0 Å². The standard InChI is InChI=1S/C25H30O12/c1-11-16(35-18(28)7-4-12-2-5-13(27)6-3-12)8-14-15(23(32)33)10-34-24(19(11)14)37-25-22(31)21(30)20(29)17(9-26)36-25/h2-7,10-11,14,16-17,19-22,24-27,29-31H,8-9H2,1H3,(H,32,33)/t11-,14+,16-,17+,19+,20+,21-,22+,24-,25-/m0/s1. The number of carboxylic acids is 1. The van der Waals surface area contributed by atoms with E-state index in [1.165, 1.54) is 24.3 Å². The molecule has 0 bridgehead atoms. The van der Waals surface area contributed by atoms with Crippen LogP contribution in [0.1, 0.15) is 18.9 Å². The summed E-state index contributed by atoms with van der Waals surface area (Å²) in [6, 6.07) is 6.19. The number of aromatic hydroxyl groups is 1. The number of hydrogen-bond acceptors (Lipinski definition) is 11. The van der Waals surface area contributed by atoms with Gasteiger partial charge in [0.1, 0.15) is 36.3 Å². The molecule has 10 atom stereocenters. The van der Waals surface area contributed by atoms with Gasteiger partial charge >= 0.3 is 11.9 Å². The van der Waals surface area contributed by atoms with E-state index < -0.39 is 79.4 Å². The molecule has 1 saturated heterocycles. The van der Waals surface area contributed by atoms with E-state index >= 15 is 0 Å². The second-order valence-corrected chi connectivity index (χ2v) is 9.40. The number of aliphatic hydroxyl groups is 4. The molecule has 0 spiro atoms. The predicted octanol–water partition coefficient (Wildman–Crippen LogP) is -0.269. The highest BCUT2D eigenvalue weighted by molar-refractivity contribution is 5.88. The van der Waals surface area contributed by atoms with E-state index in [-0.39, 0.29) is 17.7 Å². The second kappa shape index (κ2) is 11.2. The largest absolute Gasteiger partial charge is 0.508 e. The molecule has 0 amide bonds. The Kier molecular flexibility index (Phi) is 8.17. The van der Waals surface area contributed by atoms with Crippen molar-refractivity contribution >= 4 is 18.0 Å². The van der Waals surface area contributed by atoms with Crippen molar-refractivity contribution in [3.05, 3.63) is 47.7 Å². The fourth-order valence-corrected chi connectivity index (χ4v) is 5.06. The number of hydrogen-bond donors (Lipinski definition) is 6. The number of aliphatic carboxylic acids is 1. The minimum atomic E-state index is -1.67. The summed E-state index contributed by atoms with van der Waals surface area (Å²) in [5.74, 6) is -3.43. The van der Waals surface area contributed by atoms with Gasteiger partial charge < -0.3 is 49.6 Å². The van der Waals surface area contributed by atoms with Crippen LogP contribution in [-0.2, 0) is 28.5 Å². The summed E-state index contributed by atoms with van der Waals surface area (Å²) in [6.45, 7) is 1.11. The molecular weight excluding hydrogens is 492 g/mol. The molecule has 0 unspecified atom stereocenters. The fourth-order valence-electron chi connectivity index (χ4n) is 5.06. The average molecular weight is 523 g/mol. The Bertz CT molecular complexity index is 1030. The van der Waals surface area contributed by atoms with Crippen molar-refractivity contribution < 1.29 is 59.2 Å². The van der Waals surface area contributed by atoms with Gasteiger partial charge in [0.05, 0.1) is 18.4 Å². The zero-order valence-electron chi connectivity index (χ0n) is 19.9. The molecule has 1 saturated carbocycles. The van der Waals surface area contributed by atoms with Crippen LogP contribution in [-0.4, -0.2) is 92.3 Å². The third-order valence-electron chi connectivity index (χ3n) is 7.12. The van der Waals surface area contributed by atoms with Gasteiger partial charge in [0.25, 0.3) is 0 Å². The van der Waals surface area contributed by atoms with E-state index in [2.05, 4.69) is 0 Å². The maximum Gasteiger partial charge on any atom is 0.334 e. The van der Waals surface area contributed by atoms with Gasteiger partial charge in [-0.1, -0.05) is 19.1 Å². The minimum Gasteiger partial charge on any atom is -0.508 e. The van der Waals surface area contributed by atoms with Gasteiger partial charge in [0.2, 0.25) is 6.29 Å². The lowest BCUT2D eigenvalue weighted by Crippen LogP contribution is -2.60. The van der Waals surface area contributed by atoms with Gasteiger partial charge in [0.15, 0.2) is 6.29 Å². The number of ether oxygens (including phenoxy) is 4. The van der Waals surface area contributed by atoms with Crippen molar-refractivity contribution in [1.82, 2.24) is 0 Å². The normalized spacial score (nSPS) is 37.5. The topological polar surface area (TPSA) is 192 Å². The molecule has 0 aromatic heterocycles. The zero-order valence-corrected chi connectivity index (χ0v) is 19.9. The van der Waals surface area contributed by atoms with Crippen molar-refractivity contribution in [2.75, 3.05) is 6.61 Å². The molecule has 1 aromatic carbocycles. The lowest BCUT2D eigenvalue weighted by Gasteiger charge is -2.43. The number of fused-ring (bicyclic) bond motifs is 1.